The predicted octanol–water partition coefficient (Wildman–Crippen LogP) is 2.55. The fourth-order valence-corrected chi connectivity index (χ4v) is 2.01. The highest BCUT2D eigenvalue weighted by molar-refractivity contribution is 9.10. The minimum Gasteiger partial charge on any atom is -0.342 e. The first kappa shape index (κ1) is 9.06. The summed E-state index contributed by atoms with van der Waals surface area (Å²) in [6.07, 6.45) is 7.12. The average Bonchev–Trinajstić information content (AvgIpc) is 2.43. The van der Waals surface area contributed by atoms with Crippen molar-refractivity contribution >= 4 is 21.9 Å². The van der Waals surface area contributed by atoms with Crippen molar-refractivity contribution in [1.82, 2.24) is 9.97 Å². The molecule has 0 aliphatic carbocycles. The number of imidazole rings is 1. The van der Waals surface area contributed by atoms with Gasteiger partial charge in [-0.3, -0.25) is 0 Å². The van der Waals surface area contributed by atoms with Gasteiger partial charge >= 0.3 is 0 Å². The van der Waals surface area contributed by atoms with Crippen LogP contribution in [0.1, 0.15) is 25.7 Å². The van der Waals surface area contributed by atoms with Gasteiger partial charge in [-0.15, -0.1) is 0 Å². The van der Waals surface area contributed by atoms with Crippen LogP contribution in [0.3, 0.4) is 0 Å². The summed E-state index contributed by atoms with van der Waals surface area (Å²) in [5.74, 6) is 1.01. The quantitative estimate of drug-likeness (QED) is 0.823. The number of hydrogen-bond donors (Lipinski definition) is 1. The third-order valence-electron chi connectivity index (χ3n) is 2.44. The molecule has 0 unspecified atom stereocenters. The fraction of sp³-hybridized carbons (Fsp3) is 0.667. The summed E-state index contributed by atoms with van der Waals surface area (Å²) in [6, 6.07) is 0. The normalized spacial score (nSPS) is 18.7. The maximum atomic E-state index is 4.30. The summed E-state index contributed by atoms with van der Waals surface area (Å²) in [4.78, 5) is 9.84. The number of aromatic nitrogens is 2. The van der Waals surface area contributed by atoms with E-state index in [9.17, 15) is 0 Å². The van der Waals surface area contributed by atoms with Crippen LogP contribution in [0, 0.1) is 0 Å². The van der Waals surface area contributed by atoms with Crippen molar-refractivity contribution in [2.24, 2.45) is 0 Å². The monoisotopic (exact) mass is 243 g/mol. The second-order valence-electron chi connectivity index (χ2n) is 3.46. The Morgan fingerprint density at radius 3 is 2.46 bits per heavy atom. The zero-order chi connectivity index (χ0) is 9.10. The van der Waals surface area contributed by atoms with Crippen molar-refractivity contribution in [3.63, 3.8) is 0 Å². The standard InChI is InChI=1S/C9H14BrN3/c10-8-7-11-9(12-8)13-5-3-1-2-4-6-13/h7H,1-6H2,(H,11,12). The van der Waals surface area contributed by atoms with Crippen LogP contribution in [0.2, 0.25) is 0 Å². The molecule has 72 valence electrons. The van der Waals surface area contributed by atoms with E-state index in [1.165, 1.54) is 25.7 Å². The van der Waals surface area contributed by atoms with Crippen molar-refractivity contribution < 1.29 is 0 Å². The average molecular weight is 244 g/mol. The van der Waals surface area contributed by atoms with Gasteiger partial charge in [0.15, 0.2) is 0 Å². The molecule has 4 heteroatoms. The van der Waals surface area contributed by atoms with Crippen LogP contribution < -0.4 is 4.90 Å². The van der Waals surface area contributed by atoms with Gasteiger partial charge in [0.2, 0.25) is 5.95 Å². The molecule has 13 heavy (non-hydrogen) atoms. The lowest BCUT2D eigenvalue weighted by atomic mass is 10.2. The van der Waals surface area contributed by atoms with E-state index in [-0.39, 0.29) is 0 Å². The lowest BCUT2D eigenvalue weighted by Gasteiger charge is -2.18. The van der Waals surface area contributed by atoms with Crippen molar-refractivity contribution in [2.45, 2.75) is 25.7 Å². The molecule has 1 aliphatic rings. The van der Waals surface area contributed by atoms with E-state index >= 15 is 0 Å². The van der Waals surface area contributed by atoms with Crippen LogP contribution in [0.25, 0.3) is 0 Å². The first-order chi connectivity index (χ1) is 6.36. The van der Waals surface area contributed by atoms with E-state index in [2.05, 4.69) is 30.8 Å². The highest BCUT2D eigenvalue weighted by Gasteiger charge is 2.11. The van der Waals surface area contributed by atoms with Crippen molar-refractivity contribution in [3.05, 3.63) is 10.8 Å². The topological polar surface area (TPSA) is 31.9 Å². The molecule has 2 heterocycles. The molecule has 0 bridgehead atoms. The molecule has 2 rings (SSSR count). The summed E-state index contributed by atoms with van der Waals surface area (Å²) in [7, 11) is 0. The van der Waals surface area contributed by atoms with E-state index < -0.39 is 0 Å². The summed E-state index contributed by atoms with van der Waals surface area (Å²) < 4.78 is 0.965. The third kappa shape index (κ3) is 2.24. The number of H-pyrrole nitrogens is 1. The van der Waals surface area contributed by atoms with Gasteiger partial charge in [-0.1, -0.05) is 12.8 Å². The molecule has 1 aliphatic heterocycles. The minimum atomic E-state index is 0.965. The predicted molar refractivity (Wildman–Crippen MR) is 57.0 cm³/mol. The van der Waals surface area contributed by atoms with E-state index in [0.29, 0.717) is 0 Å². The van der Waals surface area contributed by atoms with Crippen LogP contribution in [-0.2, 0) is 0 Å². The van der Waals surface area contributed by atoms with Gasteiger partial charge in [-0.2, -0.15) is 0 Å². The largest absolute Gasteiger partial charge is 0.342 e. The van der Waals surface area contributed by atoms with Crippen LogP contribution in [0.4, 0.5) is 5.95 Å². The van der Waals surface area contributed by atoms with Crippen LogP contribution in [0.15, 0.2) is 10.8 Å². The van der Waals surface area contributed by atoms with Crippen molar-refractivity contribution in [2.75, 3.05) is 18.0 Å². The van der Waals surface area contributed by atoms with E-state index in [0.717, 1.165) is 23.6 Å². The molecule has 0 atom stereocenters. The Balaban J connectivity index is 2.06. The molecule has 0 aromatic carbocycles. The first-order valence-electron chi connectivity index (χ1n) is 4.82. The third-order valence-corrected chi connectivity index (χ3v) is 2.84. The first-order valence-corrected chi connectivity index (χ1v) is 5.61. The molecular formula is C9H14BrN3. The number of nitrogens with zero attached hydrogens (tertiary/aromatic N) is 2. The molecule has 1 N–H and O–H groups in total. The smallest absolute Gasteiger partial charge is 0.203 e. The summed E-state index contributed by atoms with van der Waals surface area (Å²) in [5, 5.41) is 0. The summed E-state index contributed by atoms with van der Waals surface area (Å²) >= 11 is 3.37. The Morgan fingerprint density at radius 1 is 1.23 bits per heavy atom. The Morgan fingerprint density at radius 2 is 1.92 bits per heavy atom. The lowest BCUT2D eigenvalue weighted by Crippen LogP contribution is -2.24. The zero-order valence-electron chi connectivity index (χ0n) is 7.59. The Bertz CT molecular complexity index is 264. The van der Waals surface area contributed by atoms with Gasteiger partial charge in [0, 0.05) is 13.1 Å². The molecule has 1 aromatic rings. The van der Waals surface area contributed by atoms with Crippen LogP contribution in [-0.4, -0.2) is 23.1 Å². The van der Waals surface area contributed by atoms with Gasteiger partial charge < -0.3 is 9.88 Å². The Kier molecular flexibility index (Phi) is 2.88. The van der Waals surface area contributed by atoms with Crippen molar-refractivity contribution in [3.8, 4) is 0 Å². The molecule has 1 saturated heterocycles. The van der Waals surface area contributed by atoms with E-state index in [1.54, 1.807) is 0 Å². The van der Waals surface area contributed by atoms with Gasteiger partial charge in [0.1, 0.15) is 4.60 Å². The fourth-order valence-electron chi connectivity index (χ4n) is 1.73. The maximum absolute atomic E-state index is 4.30. The number of aromatic amines is 1. The van der Waals surface area contributed by atoms with E-state index in [1.807, 2.05) is 6.20 Å². The molecular weight excluding hydrogens is 230 g/mol. The number of rotatable bonds is 1. The number of nitrogens with one attached hydrogen (secondary N) is 1. The van der Waals surface area contributed by atoms with Gasteiger partial charge in [-0.05, 0) is 28.8 Å². The maximum Gasteiger partial charge on any atom is 0.203 e. The highest BCUT2D eigenvalue weighted by Crippen LogP contribution is 2.17. The highest BCUT2D eigenvalue weighted by atomic mass is 79.9. The number of hydrogen-bond acceptors (Lipinski definition) is 2. The molecule has 0 saturated carbocycles. The van der Waals surface area contributed by atoms with Crippen LogP contribution >= 0.6 is 15.9 Å². The van der Waals surface area contributed by atoms with E-state index in [4.69, 9.17) is 0 Å². The molecule has 3 nitrogen and oxygen atoms in total. The Hall–Kier alpha value is -0.510. The van der Waals surface area contributed by atoms with Gasteiger partial charge in [-0.25, -0.2) is 4.98 Å². The lowest BCUT2D eigenvalue weighted by molar-refractivity contribution is 0.726. The summed E-state index contributed by atoms with van der Waals surface area (Å²) in [5.41, 5.74) is 0. The Labute approximate surface area is 86.7 Å². The number of halogens is 1. The van der Waals surface area contributed by atoms with Gasteiger partial charge in [0.25, 0.3) is 0 Å². The second kappa shape index (κ2) is 4.13. The molecule has 0 radical (unpaired) electrons. The van der Waals surface area contributed by atoms with Gasteiger partial charge in [0.05, 0.1) is 6.20 Å². The minimum absolute atomic E-state index is 0.965. The van der Waals surface area contributed by atoms with Crippen LogP contribution in [0.5, 0.6) is 0 Å². The van der Waals surface area contributed by atoms with Crippen molar-refractivity contribution in [1.29, 1.82) is 0 Å². The molecule has 1 fully saturated rings. The molecule has 0 amide bonds. The molecule has 0 spiro atoms. The zero-order valence-corrected chi connectivity index (χ0v) is 9.18. The SMILES string of the molecule is Brc1cnc(N2CCCCCC2)[nH]1. The second-order valence-corrected chi connectivity index (χ2v) is 4.31. The molecule has 1 aromatic heterocycles. The number of anilines is 1. The summed E-state index contributed by atoms with van der Waals surface area (Å²) in [6.45, 7) is 2.28.